The Hall–Kier alpha value is -14.0. The summed E-state index contributed by atoms with van der Waals surface area (Å²) in [7, 11) is -10.8. The Morgan fingerprint density at radius 3 is 0.822 bits per heavy atom. The molecule has 7 aliphatic rings. The zero-order valence-electron chi connectivity index (χ0n) is 77.5. The summed E-state index contributed by atoms with van der Waals surface area (Å²) in [5, 5.41) is 0. The second-order valence-corrected chi connectivity index (χ2v) is 45.9. The van der Waals surface area contributed by atoms with Gasteiger partial charge < -0.3 is 14.2 Å². The van der Waals surface area contributed by atoms with Gasteiger partial charge in [0.15, 0.2) is 0 Å². The van der Waals surface area contributed by atoms with Crippen molar-refractivity contribution in [3.63, 3.8) is 0 Å². The molecule has 24 rings (SSSR count). The molecule has 4 aliphatic heterocycles. The molecular weight excluding hydrogens is 1720 g/mol. The maximum Gasteiger partial charge on any atom is 0.207 e. The molecular formula is C123H102O9S3. The molecule has 135 heavy (non-hydrogen) atoms. The molecule has 0 fully saturated rings. The van der Waals surface area contributed by atoms with Crippen LogP contribution in [-0.2, 0) is 62.0 Å². The fourth-order valence-electron chi connectivity index (χ4n) is 23.0. The number of rotatable bonds is 9. The number of hydrogen-bond acceptors (Lipinski definition) is 9. The monoisotopic (exact) mass is 1820 g/mol. The van der Waals surface area contributed by atoms with E-state index >= 15 is 0 Å². The molecule has 3 aliphatic carbocycles. The van der Waals surface area contributed by atoms with E-state index in [4.69, 9.17) is 14.2 Å². The molecule has 0 saturated carbocycles. The van der Waals surface area contributed by atoms with Gasteiger partial charge in [-0.15, -0.1) is 0 Å². The van der Waals surface area contributed by atoms with E-state index in [9.17, 15) is 25.3 Å². The van der Waals surface area contributed by atoms with Crippen LogP contribution in [-0.4, -0.2) is 25.3 Å². The Kier molecular flexibility index (Phi) is 20.2. The number of sulfone groups is 3. The first kappa shape index (κ1) is 86.4. The van der Waals surface area contributed by atoms with E-state index in [-0.39, 0.29) is 64.9 Å². The third-order valence-electron chi connectivity index (χ3n) is 30.3. The quantitative estimate of drug-likeness (QED) is 0.139. The van der Waals surface area contributed by atoms with Gasteiger partial charge in [0.05, 0.1) is 29.4 Å². The van der Waals surface area contributed by atoms with Gasteiger partial charge in [-0.1, -0.05) is 368 Å². The van der Waals surface area contributed by atoms with Crippen molar-refractivity contribution < 1.29 is 39.5 Å². The summed E-state index contributed by atoms with van der Waals surface area (Å²) >= 11 is 0. The minimum Gasteiger partial charge on any atom is -0.457 e. The van der Waals surface area contributed by atoms with Gasteiger partial charge in [-0.3, -0.25) is 0 Å². The number of benzene rings is 17. The van der Waals surface area contributed by atoms with Gasteiger partial charge in [-0.25, -0.2) is 25.3 Å². The molecule has 12 heteroatoms. The molecule has 9 nitrogen and oxygen atoms in total. The Morgan fingerprint density at radius 1 is 0.207 bits per heavy atom. The summed E-state index contributed by atoms with van der Waals surface area (Å²) in [5.74, 6) is 5.04. The van der Waals surface area contributed by atoms with Gasteiger partial charge in [0.1, 0.15) is 34.5 Å². The van der Waals surface area contributed by atoms with Crippen LogP contribution in [0.25, 0.3) is 33.4 Å². The molecule has 0 unspecified atom stereocenters. The van der Waals surface area contributed by atoms with Crippen molar-refractivity contribution in [3.8, 4) is 67.9 Å². The molecule has 0 aromatic heterocycles. The summed E-state index contributed by atoms with van der Waals surface area (Å²) in [6, 6.07) is 128. The molecule has 666 valence electrons. The SMILES string of the molecule is CC1(C)c2ccc(-c3ccc(S(=O)(=O)c4ccccc4)cc3)cc2Oc2cc(C3c4ccccc4C(C)(C)c4ccccc43)ccc21.CC1(C)c2ccc(-c3ccc4c(c3)-c3ccccc3S4(=O)=O)cc2Oc2cc(C3c4ccccc4C(C)(C)c4ccccc43)ccc21.CC1(C)c2ccc(C3c4ccccc4C(C)(C)c4ccccc43)cc2Oc2cc(S(=O)(=O)c3ccccc3)ccc21. The van der Waals surface area contributed by atoms with Gasteiger partial charge in [-0.2, -0.15) is 0 Å². The van der Waals surface area contributed by atoms with Crippen LogP contribution in [0.4, 0.5) is 0 Å². The van der Waals surface area contributed by atoms with Crippen molar-refractivity contribution in [1.29, 1.82) is 0 Å². The maximum atomic E-state index is 13.4. The standard InChI is InChI=1S/C43H34O3S.C43H36O3S.C37H32O3S/c1-42(2)33-14-8-5-12-30(33)41(31-13-6-9-15-34(31)42)28-18-21-36-38(25-28)46-37-24-27(17-20-35(37)43(36,3)4)26-19-22-40-32(23-26)29-11-7-10-16-39(29)47(40,44)45;1-42(2)35-16-10-8-14-33(35)41(34-15-9-11-17-36(34)42)30-21-25-38-40(27-30)46-39-26-29(20-24-37(39)43(38,3)4)28-18-22-32(23-19-28)47(44,45)31-12-6-5-7-13-31;1-36(2)29-16-10-8-14-27(29)35(28-15-9-11-17-30(28)36)24-18-20-31-33(22-24)40-34-23-26(19-21-32(34)37(31,3)4)41(38,39)25-12-6-5-7-13-25/h5-25,41H,1-4H3;5-27,41H,1-4H3;5-23,35H,1-4H3. The molecule has 0 bridgehead atoms. The Bertz CT molecular complexity index is 7980. The predicted octanol–water partition coefficient (Wildman–Crippen LogP) is 29.6. The minimum absolute atomic E-state index is 0.0682. The molecule has 17 aromatic rings. The van der Waals surface area contributed by atoms with Crippen molar-refractivity contribution in [3.05, 3.63) is 499 Å². The highest BCUT2D eigenvalue weighted by Gasteiger charge is 2.46. The molecule has 0 atom stereocenters. The summed E-state index contributed by atoms with van der Waals surface area (Å²) in [4.78, 5) is 1.82. The molecule has 17 aromatic carbocycles. The smallest absolute Gasteiger partial charge is 0.207 e. The van der Waals surface area contributed by atoms with Crippen LogP contribution in [0, 0.1) is 0 Å². The summed E-state index contributed by atoms with van der Waals surface area (Å²) in [6.07, 6.45) is 0. The topological polar surface area (TPSA) is 130 Å². The van der Waals surface area contributed by atoms with Gasteiger partial charge in [-0.05, 0) is 197 Å². The first-order valence-corrected chi connectivity index (χ1v) is 50.8. The highest BCUT2D eigenvalue weighted by Crippen LogP contribution is 2.59. The van der Waals surface area contributed by atoms with Crippen molar-refractivity contribution in [2.75, 3.05) is 0 Å². The fraction of sp³-hybridized carbons (Fsp3) is 0.171. The van der Waals surface area contributed by atoms with Gasteiger partial charge >= 0.3 is 0 Å². The Labute approximate surface area is 792 Å². The summed E-state index contributed by atoms with van der Waals surface area (Å²) < 4.78 is 99.7. The largest absolute Gasteiger partial charge is 0.457 e. The van der Waals surface area contributed by atoms with E-state index in [0.29, 0.717) is 20.4 Å². The number of ether oxygens (including phenoxy) is 3. The lowest BCUT2D eigenvalue weighted by Crippen LogP contribution is -2.30. The van der Waals surface area contributed by atoms with Crippen molar-refractivity contribution in [2.45, 2.75) is 163 Å². The molecule has 4 heterocycles. The Balaban J connectivity index is 0.000000118. The Morgan fingerprint density at radius 2 is 0.452 bits per heavy atom. The molecule has 0 N–H and O–H groups in total. The van der Waals surface area contributed by atoms with Crippen molar-refractivity contribution in [2.24, 2.45) is 0 Å². The van der Waals surface area contributed by atoms with E-state index in [1.54, 1.807) is 91.0 Å². The van der Waals surface area contributed by atoms with Crippen LogP contribution < -0.4 is 14.2 Å². The van der Waals surface area contributed by atoms with Crippen LogP contribution in [0.15, 0.2) is 412 Å². The third-order valence-corrected chi connectivity index (χ3v) is 35.7. The second-order valence-electron chi connectivity index (χ2n) is 40.1. The fourth-order valence-corrected chi connectivity index (χ4v) is 27.3. The lowest BCUT2D eigenvalue weighted by Gasteiger charge is -2.40. The van der Waals surface area contributed by atoms with Gasteiger partial charge in [0, 0.05) is 101 Å². The number of fused-ring (bicyclic) bond motifs is 15. The zero-order chi connectivity index (χ0) is 93.4. The van der Waals surface area contributed by atoms with Gasteiger partial charge in [0.2, 0.25) is 29.5 Å². The van der Waals surface area contributed by atoms with Crippen LogP contribution in [0.5, 0.6) is 34.5 Å². The van der Waals surface area contributed by atoms with Crippen LogP contribution in [0.2, 0.25) is 0 Å². The van der Waals surface area contributed by atoms with Gasteiger partial charge in [0.25, 0.3) is 0 Å². The molecule has 0 amide bonds. The van der Waals surface area contributed by atoms with Crippen LogP contribution in [0.3, 0.4) is 0 Å². The van der Waals surface area contributed by atoms with Crippen LogP contribution in [0.1, 0.15) is 218 Å². The van der Waals surface area contributed by atoms with E-state index in [1.165, 1.54) is 83.5 Å². The second kappa shape index (κ2) is 31.6. The molecule has 0 spiro atoms. The first-order chi connectivity index (χ1) is 64.7. The molecule has 0 saturated heterocycles. The van der Waals surface area contributed by atoms with E-state index in [2.05, 4.69) is 320 Å². The first-order valence-electron chi connectivity index (χ1n) is 46.4. The zero-order valence-corrected chi connectivity index (χ0v) is 80.0. The lowest BCUT2D eigenvalue weighted by molar-refractivity contribution is 0.415. The average molecular weight is 1820 g/mol. The third kappa shape index (κ3) is 13.8. The lowest BCUT2D eigenvalue weighted by atomic mass is 9.63. The highest BCUT2D eigenvalue weighted by atomic mass is 32.2. The maximum absolute atomic E-state index is 13.4. The summed E-state index contributed by atoms with van der Waals surface area (Å²) in [6.45, 7) is 27.3. The van der Waals surface area contributed by atoms with E-state index < -0.39 is 29.5 Å². The van der Waals surface area contributed by atoms with Crippen LogP contribution >= 0.6 is 0 Å². The number of hydrogen-bond donors (Lipinski definition) is 0. The predicted molar refractivity (Wildman–Crippen MR) is 539 cm³/mol. The average Bonchev–Trinajstić information content (AvgIpc) is 1.23. The van der Waals surface area contributed by atoms with E-state index in [1.807, 2.05) is 54.6 Å². The minimum atomic E-state index is -3.67. The van der Waals surface area contributed by atoms with Crippen molar-refractivity contribution in [1.82, 2.24) is 0 Å². The van der Waals surface area contributed by atoms with E-state index in [0.717, 1.165) is 95.5 Å². The summed E-state index contributed by atoms with van der Waals surface area (Å²) in [5.41, 5.74) is 30.5. The molecule has 0 radical (unpaired) electrons. The normalized spacial score (nSPS) is 16.5. The van der Waals surface area contributed by atoms with Crippen molar-refractivity contribution >= 4 is 29.5 Å². The highest BCUT2D eigenvalue weighted by molar-refractivity contribution is 7.92.